The van der Waals surface area contributed by atoms with Crippen LogP contribution in [0, 0.1) is 0 Å². The largest absolute Gasteiger partial charge is 0.469 e. The van der Waals surface area contributed by atoms with Crippen molar-refractivity contribution in [2.45, 2.75) is 13.0 Å². The number of alkyl halides is 2. The number of carbonyl (C=O) groups is 1. The van der Waals surface area contributed by atoms with E-state index < -0.39 is 12.6 Å². The Morgan fingerprint density at radius 1 is 1.35 bits per heavy atom. The summed E-state index contributed by atoms with van der Waals surface area (Å²) in [6, 6.07) is 2.68. The summed E-state index contributed by atoms with van der Waals surface area (Å²) in [5, 5.41) is 0. The lowest BCUT2D eigenvalue weighted by Crippen LogP contribution is -2.09. The van der Waals surface area contributed by atoms with E-state index in [0.717, 1.165) is 0 Å². The van der Waals surface area contributed by atoms with Crippen molar-refractivity contribution < 1.29 is 23.0 Å². The van der Waals surface area contributed by atoms with Crippen LogP contribution in [0.15, 0.2) is 12.1 Å². The van der Waals surface area contributed by atoms with Crippen LogP contribution in [-0.4, -0.2) is 19.7 Å². The van der Waals surface area contributed by atoms with Crippen LogP contribution in [0.2, 0.25) is 0 Å². The third-order valence-electron chi connectivity index (χ3n) is 1.99. The SMILES string of the molecule is COC(=O)Cc1cc(N)c(OC(F)F)c(N)c1. The first kappa shape index (κ1) is 13.0. The number of rotatable bonds is 4. The Hall–Kier alpha value is -2.05. The lowest BCUT2D eigenvalue weighted by atomic mass is 10.1. The molecule has 0 aromatic heterocycles. The van der Waals surface area contributed by atoms with Crippen LogP contribution >= 0.6 is 0 Å². The van der Waals surface area contributed by atoms with E-state index >= 15 is 0 Å². The fraction of sp³-hybridized carbons (Fsp3) is 0.300. The second kappa shape index (κ2) is 5.33. The predicted molar refractivity (Wildman–Crippen MR) is 57.6 cm³/mol. The van der Waals surface area contributed by atoms with E-state index in [-0.39, 0.29) is 23.5 Å². The fourth-order valence-corrected chi connectivity index (χ4v) is 1.30. The van der Waals surface area contributed by atoms with Gasteiger partial charge in [-0.25, -0.2) is 0 Å². The monoisotopic (exact) mass is 246 g/mol. The number of nitrogen functional groups attached to an aromatic ring is 2. The molecule has 0 fully saturated rings. The molecule has 0 atom stereocenters. The van der Waals surface area contributed by atoms with Gasteiger partial charge in [-0.2, -0.15) is 8.78 Å². The van der Waals surface area contributed by atoms with Crippen molar-refractivity contribution in [3.63, 3.8) is 0 Å². The molecule has 1 rings (SSSR count). The smallest absolute Gasteiger partial charge is 0.387 e. The minimum absolute atomic E-state index is 0.0418. The van der Waals surface area contributed by atoms with Gasteiger partial charge in [-0.15, -0.1) is 0 Å². The number of nitrogens with two attached hydrogens (primary N) is 2. The first-order chi connectivity index (χ1) is 7.93. The maximum Gasteiger partial charge on any atom is 0.387 e. The molecule has 4 N–H and O–H groups in total. The topological polar surface area (TPSA) is 87.6 Å². The summed E-state index contributed by atoms with van der Waals surface area (Å²) < 4.78 is 32.7. The molecule has 5 nitrogen and oxygen atoms in total. The van der Waals surface area contributed by atoms with Crippen LogP contribution in [0.5, 0.6) is 5.75 Å². The number of methoxy groups -OCH3 is 1. The number of halogens is 2. The molecule has 0 amide bonds. The molecule has 0 aliphatic carbocycles. The molecule has 94 valence electrons. The maximum atomic E-state index is 12.0. The van der Waals surface area contributed by atoms with Crippen molar-refractivity contribution >= 4 is 17.3 Å². The summed E-state index contributed by atoms with van der Waals surface area (Å²) >= 11 is 0. The van der Waals surface area contributed by atoms with Crippen LogP contribution in [0.4, 0.5) is 20.2 Å². The third-order valence-corrected chi connectivity index (χ3v) is 1.99. The fourth-order valence-electron chi connectivity index (χ4n) is 1.30. The lowest BCUT2D eigenvalue weighted by molar-refractivity contribution is -0.139. The van der Waals surface area contributed by atoms with Crippen molar-refractivity contribution in [1.82, 2.24) is 0 Å². The van der Waals surface area contributed by atoms with Crippen molar-refractivity contribution in [2.24, 2.45) is 0 Å². The van der Waals surface area contributed by atoms with Gasteiger partial charge in [0.15, 0.2) is 5.75 Å². The Balaban J connectivity index is 2.96. The van der Waals surface area contributed by atoms with Gasteiger partial charge in [0, 0.05) is 0 Å². The Labute approximate surface area is 96.3 Å². The zero-order chi connectivity index (χ0) is 13.0. The second-order valence-electron chi connectivity index (χ2n) is 3.23. The van der Waals surface area contributed by atoms with Crippen molar-refractivity contribution in [3.8, 4) is 5.75 Å². The number of hydrogen-bond acceptors (Lipinski definition) is 5. The molecule has 17 heavy (non-hydrogen) atoms. The van der Waals surface area contributed by atoms with Crippen molar-refractivity contribution in [3.05, 3.63) is 17.7 Å². The van der Waals surface area contributed by atoms with Crippen LogP contribution in [0.25, 0.3) is 0 Å². The highest BCUT2D eigenvalue weighted by molar-refractivity contribution is 5.76. The number of ether oxygens (including phenoxy) is 2. The molecule has 0 aliphatic rings. The van der Waals surface area contributed by atoms with E-state index in [0.29, 0.717) is 5.56 Å². The standard InChI is InChI=1S/C10H12F2N2O3/c1-16-8(15)4-5-2-6(13)9(7(14)3-5)17-10(11)12/h2-3,10H,4,13-14H2,1H3. The maximum absolute atomic E-state index is 12.0. The van der Waals surface area contributed by atoms with Gasteiger partial charge in [0.25, 0.3) is 0 Å². The van der Waals surface area contributed by atoms with Gasteiger partial charge in [0.2, 0.25) is 0 Å². The number of esters is 1. The number of benzene rings is 1. The van der Waals surface area contributed by atoms with E-state index in [2.05, 4.69) is 9.47 Å². The minimum atomic E-state index is -3.01. The highest BCUT2D eigenvalue weighted by Crippen LogP contribution is 2.32. The highest BCUT2D eigenvalue weighted by atomic mass is 19.3. The predicted octanol–water partition coefficient (Wildman–Crippen LogP) is 1.17. The molecule has 0 bridgehead atoms. The number of hydrogen-bond donors (Lipinski definition) is 2. The number of carbonyl (C=O) groups excluding carboxylic acids is 1. The van der Waals surface area contributed by atoms with Gasteiger partial charge in [-0.1, -0.05) is 0 Å². The van der Waals surface area contributed by atoms with E-state index in [1.54, 1.807) is 0 Å². The lowest BCUT2D eigenvalue weighted by Gasteiger charge is -2.12. The zero-order valence-corrected chi connectivity index (χ0v) is 9.07. The van der Waals surface area contributed by atoms with E-state index in [1.807, 2.05) is 0 Å². The molecule has 0 radical (unpaired) electrons. The summed E-state index contributed by atoms with van der Waals surface area (Å²) in [5.74, 6) is -0.764. The summed E-state index contributed by atoms with van der Waals surface area (Å²) in [5.41, 5.74) is 11.4. The highest BCUT2D eigenvalue weighted by Gasteiger charge is 2.14. The van der Waals surface area contributed by atoms with E-state index in [4.69, 9.17) is 11.5 Å². The van der Waals surface area contributed by atoms with Gasteiger partial charge < -0.3 is 20.9 Å². The normalized spacial score (nSPS) is 10.4. The molecule has 1 aromatic carbocycles. The molecule has 0 aliphatic heterocycles. The van der Waals surface area contributed by atoms with Crippen LogP contribution < -0.4 is 16.2 Å². The quantitative estimate of drug-likeness (QED) is 0.615. The molecule has 1 aromatic rings. The van der Waals surface area contributed by atoms with Crippen molar-refractivity contribution in [2.75, 3.05) is 18.6 Å². The Morgan fingerprint density at radius 2 is 1.88 bits per heavy atom. The Bertz CT molecular complexity index is 401. The van der Waals surface area contributed by atoms with Crippen LogP contribution in [0.1, 0.15) is 5.56 Å². The van der Waals surface area contributed by atoms with E-state index in [9.17, 15) is 13.6 Å². The number of anilines is 2. The molecule has 0 spiro atoms. The van der Waals surface area contributed by atoms with Crippen molar-refractivity contribution in [1.29, 1.82) is 0 Å². The molecule has 7 heteroatoms. The van der Waals surface area contributed by atoms with Gasteiger partial charge in [-0.05, 0) is 17.7 Å². The first-order valence-corrected chi connectivity index (χ1v) is 4.63. The molecular weight excluding hydrogens is 234 g/mol. The average Bonchev–Trinajstić information content (AvgIpc) is 2.23. The minimum Gasteiger partial charge on any atom is -0.469 e. The molecule has 0 unspecified atom stereocenters. The summed E-state index contributed by atoms with van der Waals surface area (Å²) in [7, 11) is 1.24. The Kier molecular flexibility index (Phi) is 4.08. The molecular formula is C10H12F2N2O3. The van der Waals surface area contributed by atoms with E-state index in [1.165, 1.54) is 19.2 Å². The summed E-state index contributed by atoms with van der Waals surface area (Å²) in [6.07, 6.45) is -0.0418. The van der Waals surface area contributed by atoms with Crippen LogP contribution in [0.3, 0.4) is 0 Å². The third kappa shape index (κ3) is 3.47. The summed E-state index contributed by atoms with van der Waals surface area (Å²) in [6.45, 7) is -3.01. The van der Waals surface area contributed by atoms with Gasteiger partial charge in [0.05, 0.1) is 24.9 Å². The second-order valence-corrected chi connectivity index (χ2v) is 3.23. The molecule has 0 saturated heterocycles. The van der Waals surface area contributed by atoms with Gasteiger partial charge in [0.1, 0.15) is 0 Å². The zero-order valence-electron chi connectivity index (χ0n) is 9.07. The first-order valence-electron chi connectivity index (χ1n) is 4.63. The molecule has 0 heterocycles. The Morgan fingerprint density at radius 3 is 2.29 bits per heavy atom. The summed E-state index contributed by atoms with van der Waals surface area (Å²) in [4.78, 5) is 11.0. The van der Waals surface area contributed by atoms with Crippen LogP contribution in [-0.2, 0) is 16.0 Å². The van der Waals surface area contributed by atoms with Gasteiger partial charge >= 0.3 is 12.6 Å². The van der Waals surface area contributed by atoms with Gasteiger partial charge in [-0.3, -0.25) is 4.79 Å². The average molecular weight is 246 g/mol. The molecule has 0 saturated carbocycles.